The van der Waals surface area contributed by atoms with Crippen LogP contribution >= 0.6 is 0 Å². The molecule has 2 saturated heterocycles. The molecule has 2 unspecified atom stereocenters. The molecule has 0 saturated carbocycles. The average Bonchev–Trinajstić information content (AvgIpc) is 3.19. The molecule has 0 radical (unpaired) electrons. The molecule has 8 heteroatoms. The lowest BCUT2D eigenvalue weighted by molar-refractivity contribution is -0.298. The highest BCUT2D eigenvalue weighted by atomic mass is 19.1. The third kappa shape index (κ3) is 5.64. The van der Waals surface area contributed by atoms with E-state index in [1.165, 1.54) is 12.1 Å². The van der Waals surface area contributed by atoms with Gasteiger partial charge in [0.1, 0.15) is 12.4 Å². The van der Waals surface area contributed by atoms with Gasteiger partial charge in [0.2, 0.25) is 0 Å². The van der Waals surface area contributed by atoms with Gasteiger partial charge in [-0.15, -0.1) is 0 Å². The van der Waals surface area contributed by atoms with E-state index >= 15 is 0 Å². The summed E-state index contributed by atoms with van der Waals surface area (Å²) < 4.78 is 37.1. The Kier molecular flexibility index (Phi) is 8.48. The second-order valence-electron chi connectivity index (χ2n) is 9.38. The summed E-state index contributed by atoms with van der Waals surface area (Å²) in [6.07, 6.45) is 7.46. The monoisotopic (exact) mass is 511 g/mol. The zero-order chi connectivity index (χ0) is 26.4. The Morgan fingerprint density at radius 1 is 1.08 bits per heavy atom. The third-order valence-corrected chi connectivity index (χ3v) is 7.04. The molecular weight excluding hydrogens is 477 g/mol. The molecule has 4 rings (SSSR count). The van der Waals surface area contributed by atoms with E-state index in [1.54, 1.807) is 19.2 Å². The van der Waals surface area contributed by atoms with Crippen molar-refractivity contribution in [3.05, 3.63) is 65.5 Å². The number of esters is 2. The molecule has 2 fully saturated rings. The Hall–Kier alpha value is -3.39. The van der Waals surface area contributed by atoms with Gasteiger partial charge in [0.05, 0.1) is 13.0 Å². The number of carbonyl (C=O) groups is 2. The quantitative estimate of drug-likeness (QED) is 0.244. The van der Waals surface area contributed by atoms with E-state index in [2.05, 4.69) is 6.92 Å². The molecule has 2 atom stereocenters. The Morgan fingerprint density at radius 2 is 1.81 bits per heavy atom. The summed E-state index contributed by atoms with van der Waals surface area (Å²) >= 11 is 0. The number of hydrogen-bond acceptors (Lipinski definition) is 7. The van der Waals surface area contributed by atoms with Crippen molar-refractivity contribution < 1.29 is 32.9 Å². The first-order valence-electron chi connectivity index (χ1n) is 12.8. The summed E-state index contributed by atoms with van der Waals surface area (Å²) in [7, 11) is 1.57. The number of hydrogen-bond donors (Lipinski definition) is 0. The molecule has 198 valence electrons. The minimum atomic E-state index is -1.60. The molecule has 1 spiro atoms. The van der Waals surface area contributed by atoms with E-state index in [0.717, 1.165) is 30.4 Å². The average molecular weight is 512 g/mol. The smallest absolute Gasteiger partial charge is 0.421 e. The summed E-state index contributed by atoms with van der Waals surface area (Å²) in [6, 6.07) is 11.9. The van der Waals surface area contributed by atoms with Crippen LogP contribution in [-0.2, 0) is 19.1 Å². The van der Waals surface area contributed by atoms with Crippen LogP contribution in [-0.4, -0.2) is 49.6 Å². The van der Waals surface area contributed by atoms with Gasteiger partial charge in [-0.25, -0.2) is 18.9 Å². The minimum Gasteiger partial charge on any atom is -0.493 e. The SMILES string of the molecule is C/C=C/c1ccc(OCC2C(c3ccc(F)cc3)CCN(CCCCC)C23OC(=O)C(=O)O3)c(OC)c1. The maximum atomic E-state index is 13.7. The standard InChI is InChI=1S/C29H34FNO6/c1-4-6-7-16-31-17-15-23(21-10-12-22(30)13-11-21)24(29(31)36-27(32)28(33)37-29)19-35-25-14-9-20(8-5-2)18-26(25)34-3/h5,8-14,18,23-24H,4,6-7,15-17,19H2,1-3H3/b8-5+. The van der Waals surface area contributed by atoms with Crippen molar-refractivity contribution in [1.82, 2.24) is 4.90 Å². The van der Waals surface area contributed by atoms with Crippen molar-refractivity contribution in [2.45, 2.75) is 51.4 Å². The third-order valence-electron chi connectivity index (χ3n) is 7.04. The highest BCUT2D eigenvalue weighted by Gasteiger charge is 2.62. The largest absolute Gasteiger partial charge is 0.493 e. The van der Waals surface area contributed by atoms with Crippen molar-refractivity contribution >= 4 is 18.0 Å². The number of rotatable bonds is 10. The Bertz CT molecular complexity index is 1120. The van der Waals surface area contributed by atoms with E-state index < -0.39 is 23.8 Å². The highest BCUT2D eigenvalue weighted by molar-refractivity contribution is 6.31. The van der Waals surface area contributed by atoms with Crippen LogP contribution in [0.1, 0.15) is 56.6 Å². The molecule has 37 heavy (non-hydrogen) atoms. The molecule has 2 aliphatic rings. The predicted octanol–water partition coefficient (Wildman–Crippen LogP) is 5.30. The van der Waals surface area contributed by atoms with Gasteiger partial charge in [-0.05, 0) is 55.2 Å². The van der Waals surface area contributed by atoms with Gasteiger partial charge in [-0.1, -0.05) is 50.1 Å². The lowest BCUT2D eigenvalue weighted by Gasteiger charge is -2.49. The van der Waals surface area contributed by atoms with Gasteiger partial charge >= 0.3 is 17.8 Å². The number of allylic oxidation sites excluding steroid dienone is 1. The van der Waals surface area contributed by atoms with Crippen LogP contribution < -0.4 is 9.47 Å². The first-order valence-corrected chi connectivity index (χ1v) is 12.8. The molecule has 7 nitrogen and oxygen atoms in total. The molecule has 0 amide bonds. The maximum absolute atomic E-state index is 13.7. The van der Waals surface area contributed by atoms with Crippen molar-refractivity contribution in [1.29, 1.82) is 0 Å². The number of nitrogens with zero attached hydrogens (tertiary/aromatic N) is 1. The van der Waals surface area contributed by atoms with Crippen LogP contribution in [0.4, 0.5) is 4.39 Å². The van der Waals surface area contributed by atoms with Crippen LogP contribution in [0.5, 0.6) is 11.5 Å². The molecule has 2 aromatic rings. The molecule has 0 bridgehead atoms. The van der Waals surface area contributed by atoms with E-state index in [-0.39, 0.29) is 18.3 Å². The topological polar surface area (TPSA) is 74.3 Å². The Labute approximate surface area is 217 Å². The highest BCUT2D eigenvalue weighted by Crippen LogP contribution is 2.47. The van der Waals surface area contributed by atoms with E-state index in [1.807, 2.05) is 42.2 Å². The fraction of sp³-hybridized carbons (Fsp3) is 0.448. The summed E-state index contributed by atoms with van der Waals surface area (Å²) in [5.41, 5.74) is 1.82. The maximum Gasteiger partial charge on any atom is 0.421 e. The molecule has 0 aromatic heterocycles. The number of benzene rings is 2. The summed E-state index contributed by atoms with van der Waals surface area (Å²) in [4.78, 5) is 26.7. The molecular formula is C29H34FNO6. The summed E-state index contributed by atoms with van der Waals surface area (Å²) in [5.74, 6) is -3.68. The lowest BCUT2D eigenvalue weighted by atomic mass is 9.77. The van der Waals surface area contributed by atoms with Crippen molar-refractivity contribution in [2.75, 3.05) is 26.8 Å². The number of piperidine rings is 1. The number of halogens is 1. The van der Waals surface area contributed by atoms with Crippen LogP contribution in [0.2, 0.25) is 0 Å². The Morgan fingerprint density at radius 3 is 2.46 bits per heavy atom. The van der Waals surface area contributed by atoms with Gasteiger partial charge in [0.25, 0.3) is 0 Å². The summed E-state index contributed by atoms with van der Waals surface area (Å²) in [5, 5.41) is 0. The fourth-order valence-corrected chi connectivity index (χ4v) is 5.22. The van der Waals surface area contributed by atoms with Gasteiger partial charge in [-0.2, -0.15) is 0 Å². The fourth-order valence-electron chi connectivity index (χ4n) is 5.22. The van der Waals surface area contributed by atoms with Crippen molar-refractivity contribution in [2.24, 2.45) is 5.92 Å². The molecule has 0 N–H and O–H groups in total. The molecule has 2 heterocycles. The van der Waals surface area contributed by atoms with Gasteiger partial charge in [-0.3, -0.25) is 0 Å². The second kappa shape index (κ2) is 11.8. The van der Waals surface area contributed by atoms with E-state index in [4.69, 9.17) is 18.9 Å². The number of unbranched alkanes of at least 4 members (excludes halogenated alkanes) is 2. The first-order chi connectivity index (χ1) is 17.9. The van der Waals surface area contributed by atoms with Gasteiger partial charge < -0.3 is 18.9 Å². The van der Waals surface area contributed by atoms with Crippen molar-refractivity contribution in [3.8, 4) is 11.5 Å². The normalized spacial score (nSPS) is 21.3. The Balaban J connectivity index is 1.70. The zero-order valence-electron chi connectivity index (χ0n) is 21.6. The second-order valence-corrected chi connectivity index (χ2v) is 9.38. The van der Waals surface area contributed by atoms with Crippen LogP contribution in [0.15, 0.2) is 48.5 Å². The van der Waals surface area contributed by atoms with Crippen LogP contribution in [0.3, 0.4) is 0 Å². The number of carbonyl (C=O) groups excluding carboxylic acids is 2. The minimum absolute atomic E-state index is 0.0756. The van der Waals surface area contributed by atoms with Crippen LogP contribution in [0, 0.1) is 11.7 Å². The molecule has 0 aliphatic carbocycles. The number of ether oxygens (including phenoxy) is 4. The number of likely N-dealkylation sites (tertiary alicyclic amines) is 1. The molecule has 2 aromatic carbocycles. The lowest BCUT2D eigenvalue weighted by Crippen LogP contribution is -2.62. The van der Waals surface area contributed by atoms with Gasteiger partial charge in [0.15, 0.2) is 11.5 Å². The predicted molar refractivity (Wildman–Crippen MR) is 136 cm³/mol. The van der Waals surface area contributed by atoms with Crippen LogP contribution in [0.25, 0.3) is 6.08 Å². The van der Waals surface area contributed by atoms with Crippen molar-refractivity contribution in [3.63, 3.8) is 0 Å². The van der Waals surface area contributed by atoms with E-state index in [9.17, 15) is 14.0 Å². The molecule has 2 aliphatic heterocycles. The zero-order valence-corrected chi connectivity index (χ0v) is 21.6. The van der Waals surface area contributed by atoms with Gasteiger partial charge in [0, 0.05) is 19.0 Å². The summed E-state index contributed by atoms with van der Waals surface area (Å²) in [6.45, 7) is 5.27. The first kappa shape index (κ1) is 26.7. The van der Waals surface area contributed by atoms with E-state index in [0.29, 0.717) is 31.0 Å². The number of methoxy groups -OCH3 is 1.